The average molecular weight is 362 g/mol. The molecule has 0 spiro atoms. The van der Waals surface area contributed by atoms with E-state index in [0.717, 1.165) is 6.07 Å². The quantitative estimate of drug-likeness (QED) is 0.388. The number of rotatable bonds is 4. The van der Waals surface area contributed by atoms with Gasteiger partial charge in [-0.2, -0.15) is 0 Å². The summed E-state index contributed by atoms with van der Waals surface area (Å²) in [6.07, 6.45) is 0. The van der Waals surface area contributed by atoms with Crippen LogP contribution in [0.15, 0.2) is 42.5 Å². The first kappa shape index (κ1) is 16.7. The number of hydrogen-bond donors (Lipinski definition) is 1. The van der Waals surface area contributed by atoms with E-state index < -0.39 is 10.9 Å². The molecule has 2 aromatic carbocycles. The molecule has 2 aromatic rings. The molecule has 0 saturated carbocycles. The van der Waals surface area contributed by atoms with Gasteiger partial charge in [0.15, 0.2) is 5.75 Å². The molecule has 1 heterocycles. The van der Waals surface area contributed by atoms with Gasteiger partial charge in [-0.15, -0.1) is 0 Å². The van der Waals surface area contributed by atoms with Crippen LogP contribution in [0.5, 0.6) is 5.75 Å². The van der Waals surface area contributed by atoms with Gasteiger partial charge < -0.3 is 15.0 Å². The summed E-state index contributed by atoms with van der Waals surface area (Å²) in [5.74, 6) is -0.877. The standard InChI is InChI=1S/C16H12ClN3O5/c17-10-1-3-11(4-2-10)18-15(21)8-19-9-16(22)25-14-7-12(20(23)24)5-6-13(14)19/h1-7H,8-9H2,(H,18,21). The minimum Gasteiger partial charge on any atom is -0.423 e. The third-order valence-corrected chi connectivity index (χ3v) is 3.75. The molecule has 0 atom stereocenters. The number of nitrogens with zero attached hydrogens (tertiary/aromatic N) is 2. The number of fused-ring (bicyclic) bond motifs is 1. The van der Waals surface area contributed by atoms with Gasteiger partial charge in [0.05, 0.1) is 23.2 Å². The maximum absolute atomic E-state index is 12.2. The molecule has 1 N–H and O–H groups in total. The van der Waals surface area contributed by atoms with Gasteiger partial charge in [-0.3, -0.25) is 14.9 Å². The van der Waals surface area contributed by atoms with Crippen molar-refractivity contribution in [1.82, 2.24) is 0 Å². The lowest BCUT2D eigenvalue weighted by Gasteiger charge is -2.28. The lowest BCUT2D eigenvalue weighted by Crippen LogP contribution is -2.41. The Hall–Kier alpha value is -3.13. The highest BCUT2D eigenvalue weighted by molar-refractivity contribution is 6.30. The summed E-state index contributed by atoms with van der Waals surface area (Å²) < 4.78 is 5.03. The number of halogens is 1. The van der Waals surface area contributed by atoms with E-state index in [2.05, 4.69) is 5.32 Å². The van der Waals surface area contributed by atoms with Crippen LogP contribution in [-0.2, 0) is 9.59 Å². The molecular weight excluding hydrogens is 350 g/mol. The van der Waals surface area contributed by atoms with Gasteiger partial charge in [0, 0.05) is 16.8 Å². The van der Waals surface area contributed by atoms with Crippen LogP contribution in [0.25, 0.3) is 0 Å². The first-order chi connectivity index (χ1) is 11.9. The number of hydrogen-bond acceptors (Lipinski definition) is 6. The molecule has 0 bridgehead atoms. The predicted molar refractivity (Wildman–Crippen MR) is 91.0 cm³/mol. The first-order valence-corrected chi connectivity index (χ1v) is 7.59. The Kier molecular flexibility index (Phi) is 4.53. The van der Waals surface area contributed by atoms with Crippen LogP contribution < -0.4 is 15.0 Å². The largest absolute Gasteiger partial charge is 0.423 e. The molecule has 1 amide bonds. The van der Waals surface area contributed by atoms with Crippen LogP contribution >= 0.6 is 11.6 Å². The fraction of sp³-hybridized carbons (Fsp3) is 0.125. The Morgan fingerprint density at radius 2 is 2.00 bits per heavy atom. The Morgan fingerprint density at radius 1 is 1.28 bits per heavy atom. The van der Waals surface area contributed by atoms with E-state index in [9.17, 15) is 19.7 Å². The maximum Gasteiger partial charge on any atom is 0.331 e. The van der Waals surface area contributed by atoms with Gasteiger partial charge in [0.25, 0.3) is 5.69 Å². The zero-order chi connectivity index (χ0) is 18.0. The zero-order valence-electron chi connectivity index (χ0n) is 12.8. The second-order valence-corrected chi connectivity index (χ2v) is 5.73. The summed E-state index contributed by atoms with van der Waals surface area (Å²) in [7, 11) is 0. The normalized spacial score (nSPS) is 13.0. The number of ether oxygens (including phenoxy) is 1. The first-order valence-electron chi connectivity index (χ1n) is 7.22. The fourth-order valence-electron chi connectivity index (χ4n) is 2.40. The second-order valence-electron chi connectivity index (χ2n) is 5.29. The number of nitro groups is 1. The van der Waals surface area contributed by atoms with Crippen molar-refractivity contribution in [3.63, 3.8) is 0 Å². The van der Waals surface area contributed by atoms with Crippen molar-refractivity contribution in [2.24, 2.45) is 0 Å². The van der Waals surface area contributed by atoms with Gasteiger partial charge in [0.2, 0.25) is 5.91 Å². The highest BCUT2D eigenvalue weighted by atomic mass is 35.5. The van der Waals surface area contributed by atoms with Crippen LogP contribution in [0.1, 0.15) is 0 Å². The molecule has 0 aromatic heterocycles. The molecule has 0 saturated heterocycles. The number of esters is 1. The topological polar surface area (TPSA) is 102 Å². The Bertz CT molecular complexity index is 853. The number of anilines is 2. The van der Waals surface area contributed by atoms with E-state index in [-0.39, 0.29) is 30.4 Å². The van der Waals surface area contributed by atoms with Crippen molar-refractivity contribution in [1.29, 1.82) is 0 Å². The minimum atomic E-state index is -0.590. The SMILES string of the molecule is O=C(CN1CC(=O)Oc2cc([N+](=O)[O-])ccc21)Nc1ccc(Cl)cc1. The number of nitrogens with one attached hydrogen (secondary N) is 1. The third kappa shape index (κ3) is 3.86. The second kappa shape index (κ2) is 6.78. The molecule has 1 aliphatic heterocycles. The van der Waals surface area contributed by atoms with E-state index in [1.807, 2.05) is 0 Å². The predicted octanol–water partition coefficient (Wildman–Crippen LogP) is 2.61. The maximum atomic E-state index is 12.2. The minimum absolute atomic E-state index is 0.0599. The van der Waals surface area contributed by atoms with Gasteiger partial charge in [-0.1, -0.05) is 11.6 Å². The van der Waals surface area contributed by atoms with Crippen molar-refractivity contribution in [2.45, 2.75) is 0 Å². The van der Waals surface area contributed by atoms with Crippen molar-refractivity contribution in [2.75, 3.05) is 23.3 Å². The van der Waals surface area contributed by atoms with E-state index in [1.165, 1.54) is 17.0 Å². The molecule has 8 nitrogen and oxygen atoms in total. The lowest BCUT2D eigenvalue weighted by molar-refractivity contribution is -0.384. The van der Waals surface area contributed by atoms with Crippen LogP contribution in [0.2, 0.25) is 5.02 Å². The van der Waals surface area contributed by atoms with Gasteiger partial charge >= 0.3 is 5.97 Å². The highest BCUT2D eigenvalue weighted by Crippen LogP contribution is 2.35. The number of carbonyl (C=O) groups is 2. The molecule has 1 aliphatic rings. The Balaban J connectivity index is 1.76. The van der Waals surface area contributed by atoms with E-state index in [0.29, 0.717) is 16.4 Å². The van der Waals surface area contributed by atoms with Gasteiger partial charge in [-0.25, -0.2) is 4.79 Å². The number of nitro benzene ring substituents is 1. The number of amides is 1. The Morgan fingerprint density at radius 3 is 2.68 bits per heavy atom. The van der Waals surface area contributed by atoms with E-state index in [1.54, 1.807) is 24.3 Å². The molecule has 0 fully saturated rings. The average Bonchev–Trinajstić information content (AvgIpc) is 2.56. The summed E-state index contributed by atoms with van der Waals surface area (Å²) in [4.78, 5) is 35.7. The summed E-state index contributed by atoms with van der Waals surface area (Å²) in [5.41, 5.74) is 0.813. The molecule has 3 rings (SSSR count). The molecular formula is C16H12ClN3O5. The highest BCUT2D eigenvalue weighted by Gasteiger charge is 2.27. The molecule has 0 radical (unpaired) electrons. The van der Waals surface area contributed by atoms with Gasteiger partial charge in [0.1, 0.15) is 6.54 Å². The van der Waals surface area contributed by atoms with Crippen molar-refractivity contribution < 1.29 is 19.2 Å². The summed E-state index contributed by atoms with van der Waals surface area (Å²) in [6.45, 7) is -0.235. The summed E-state index contributed by atoms with van der Waals surface area (Å²) in [6, 6.07) is 10.5. The third-order valence-electron chi connectivity index (χ3n) is 3.50. The summed E-state index contributed by atoms with van der Waals surface area (Å²) >= 11 is 5.79. The van der Waals surface area contributed by atoms with Crippen molar-refractivity contribution in [3.05, 3.63) is 57.6 Å². The van der Waals surface area contributed by atoms with Crippen LogP contribution in [-0.4, -0.2) is 29.9 Å². The molecule has 0 unspecified atom stereocenters. The number of benzene rings is 2. The zero-order valence-corrected chi connectivity index (χ0v) is 13.5. The van der Waals surface area contributed by atoms with Gasteiger partial charge in [-0.05, 0) is 30.3 Å². The summed E-state index contributed by atoms with van der Waals surface area (Å²) in [5, 5.41) is 14.1. The molecule has 9 heteroatoms. The Labute approximate surface area is 147 Å². The fourth-order valence-corrected chi connectivity index (χ4v) is 2.53. The monoisotopic (exact) mass is 361 g/mol. The van der Waals surface area contributed by atoms with Crippen LogP contribution in [0.3, 0.4) is 0 Å². The smallest absolute Gasteiger partial charge is 0.331 e. The van der Waals surface area contributed by atoms with E-state index in [4.69, 9.17) is 16.3 Å². The van der Waals surface area contributed by atoms with Crippen LogP contribution in [0.4, 0.5) is 17.1 Å². The van der Waals surface area contributed by atoms with Crippen LogP contribution in [0, 0.1) is 10.1 Å². The van der Waals surface area contributed by atoms with E-state index >= 15 is 0 Å². The van der Waals surface area contributed by atoms with Crippen molar-refractivity contribution >= 4 is 40.5 Å². The molecule has 25 heavy (non-hydrogen) atoms. The number of carbonyl (C=O) groups excluding carboxylic acids is 2. The molecule has 128 valence electrons. The number of non-ortho nitro benzene ring substituents is 1. The molecule has 0 aliphatic carbocycles. The lowest BCUT2D eigenvalue weighted by atomic mass is 10.2. The van der Waals surface area contributed by atoms with Crippen molar-refractivity contribution in [3.8, 4) is 5.75 Å².